The Morgan fingerprint density at radius 2 is 1.84 bits per heavy atom. The average molecular weight is 348 g/mol. The van der Waals surface area contributed by atoms with Crippen LogP contribution < -0.4 is 15.4 Å². The topological polar surface area (TPSA) is 67.4 Å². The fraction of sp³-hybridized carbons (Fsp3) is 0.222. The zero-order chi connectivity index (χ0) is 18.4. The Bertz CT molecular complexity index is 781. The predicted octanol–water partition coefficient (Wildman–Crippen LogP) is 2.58. The molecule has 2 amide bonds. The van der Waals surface area contributed by atoms with E-state index in [4.69, 9.17) is 4.74 Å². The molecule has 0 aliphatic heterocycles. The largest absolute Gasteiger partial charge is 0.496 e. The molecule has 132 valence electrons. The summed E-state index contributed by atoms with van der Waals surface area (Å²) in [5, 5.41) is 5.09. The molecule has 2 aromatic rings. The van der Waals surface area contributed by atoms with Gasteiger partial charge in [0.15, 0.2) is 11.6 Å². The number of carbonyl (C=O) groups excluding carboxylic acids is 2. The first-order valence-corrected chi connectivity index (χ1v) is 7.58. The number of rotatable bonds is 6. The maximum Gasteiger partial charge on any atom is 0.255 e. The van der Waals surface area contributed by atoms with Gasteiger partial charge < -0.3 is 15.4 Å². The third-order valence-electron chi connectivity index (χ3n) is 3.58. The lowest BCUT2D eigenvalue weighted by atomic mass is 10.1. The lowest BCUT2D eigenvalue weighted by Gasteiger charge is -2.15. The van der Waals surface area contributed by atoms with Crippen molar-refractivity contribution in [3.63, 3.8) is 0 Å². The van der Waals surface area contributed by atoms with Crippen LogP contribution in [0.1, 0.15) is 28.9 Å². The van der Waals surface area contributed by atoms with Crippen LogP contribution in [-0.2, 0) is 4.79 Å². The molecule has 0 heterocycles. The van der Waals surface area contributed by atoms with Crippen LogP contribution in [0.15, 0.2) is 42.5 Å². The molecule has 25 heavy (non-hydrogen) atoms. The summed E-state index contributed by atoms with van der Waals surface area (Å²) >= 11 is 0. The molecule has 0 aromatic heterocycles. The molecule has 1 atom stereocenters. The number of nitrogens with one attached hydrogen (secondary N) is 2. The van der Waals surface area contributed by atoms with E-state index in [0.717, 1.165) is 12.1 Å². The number of halogens is 2. The van der Waals surface area contributed by atoms with Crippen molar-refractivity contribution in [1.29, 1.82) is 0 Å². The van der Waals surface area contributed by atoms with Crippen molar-refractivity contribution >= 4 is 11.8 Å². The maximum atomic E-state index is 13.2. The van der Waals surface area contributed by atoms with E-state index in [1.807, 2.05) is 0 Å². The van der Waals surface area contributed by atoms with Gasteiger partial charge >= 0.3 is 0 Å². The molecule has 0 fully saturated rings. The predicted molar refractivity (Wildman–Crippen MR) is 88.2 cm³/mol. The lowest BCUT2D eigenvalue weighted by molar-refractivity contribution is -0.120. The summed E-state index contributed by atoms with van der Waals surface area (Å²) in [7, 11) is 1.45. The third kappa shape index (κ3) is 4.76. The molecule has 2 aromatic carbocycles. The lowest BCUT2D eigenvalue weighted by Crippen LogP contribution is -2.38. The summed E-state index contributed by atoms with van der Waals surface area (Å²) in [6.45, 7) is 1.37. The molecule has 0 aliphatic rings. The Kier molecular flexibility index (Phi) is 6.05. The Hall–Kier alpha value is -2.96. The van der Waals surface area contributed by atoms with E-state index in [2.05, 4.69) is 10.6 Å². The van der Waals surface area contributed by atoms with Crippen LogP contribution in [-0.4, -0.2) is 25.5 Å². The minimum atomic E-state index is -0.983. The first kappa shape index (κ1) is 18.4. The SMILES string of the molecule is COc1ccccc1C(=O)NCC(=O)N[C@@H](C)c1ccc(F)c(F)c1. The maximum absolute atomic E-state index is 13.2. The van der Waals surface area contributed by atoms with Crippen LogP contribution in [0.2, 0.25) is 0 Å². The summed E-state index contributed by atoms with van der Waals surface area (Å²) in [5.74, 6) is -2.45. The second kappa shape index (κ2) is 8.23. The van der Waals surface area contributed by atoms with E-state index in [0.29, 0.717) is 16.9 Å². The number of hydrogen-bond donors (Lipinski definition) is 2. The fourth-order valence-corrected chi connectivity index (χ4v) is 2.25. The number of para-hydroxylation sites is 1. The van der Waals surface area contributed by atoms with Crippen molar-refractivity contribution in [2.24, 2.45) is 0 Å². The average Bonchev–Trinajstić information content (AvgIpc) is 2.61. The van der Waals surface area contributed by atoms with E-state index in [1.165, 1.54) is 13.2 Å². The first-order chi connectivity index (χ1) is 11.9. The Morgan fingerprint density at radius 3 is 2.52 bits per heavy atom. The van der Waals surface area contributed by atoms with Gasteiger partial charge in [0.2, 0.25) is 5.91 Å². The van der Waals surface area contributed by atoms with Gasteiger partial charge in [0.05, 0.1) is 25.3 Å². The highest BCUT2D eigenvalue weighted by molar-refractivity contribution is 5.98. The molecular formula is C18H18F2N2O3. The molecule has 0 aliphatic carbocycles. The highest BCUT2D eigenvalue weighted by atomic mass is 19.2. The normalized spacial score (nSPS) is 11.5. The van der Waals surface area contributed by atoms with Crippen LogP contribution in [0, 0.1) is 11.6 Å². The number of amides is 2. The monoisotopic (exact) mass is 348 g/mol. The fourth-order valence-electron chi connectivity index (χ4n) is 2.25. The van der Waals surface area contributed by atoms with Crippen LogP contribution >= 0.6 is 0 Å². The van der Waals surface area contributed by atoms with Crippen molar-refractivity contribution in [2.45, 2.75) is 13.0 Å². The molecule has 0 bridgehead atoms. The summed E-state index contributed by atoms with van der Waals surface area (Å²) in [6.07, 6.45) is 0. The van der Waals surface area contributed by atoms with Gasteiger partial charge in [-0.25, -0.2) is 8.78 Å². The zero-order valence-electron chi connectivity index (χ0n) is 13.8. The molecule has 0 spiro atoms. The molecule has 0 radical (unpaired) electrons. The Labute approximate surface area is 144 Å². The Morgan fingerprint density at radius 1 is 1.12 bits per heavy atom. The second-order valence-electron chi connectivity index (χ2n) is 5.35. The van der Waals surface area contributed by atoms with Crippen LogP contribution in [0.5, 0.6) is 5.75 Å². The molecule has 2 rings (SSSR count). The first-order valence-electron chi connectivity index (χ1n) is 7.58. The minimum Gasteiger partial charge on any atom is -0.496 e. The molecule has 7 heteroatoms. The van der Waals surface area contributed by atoms with Crippen LogP contribution in [0.3, 0.4) is 0 Å². The van der Waals surface area contributed by atoms with Gasteiger partial charge in [-0.15, -0.1) is 0 Å². The number of ether oxygens (including phenoxy) is 1. The standard InChI is InChI=1S/C18H18F2N2O3/c1-11(12-7-8-14(19)15(20)9-12)22-17(23)10-21-18(24)13-5-3-4-6-16(13)25-2/h3-9,11H,10H2,1-2H3,(H,21,24)(H,22,23)/t11-/m0/s1. The Balaban J connectivity index is 1.91. The third-order valence-corrected chi connectivity index (χ3v) is 3.58. The van der Waals surface area contributed by atoms with Gasteiger partial charge in [-0.05, 0) is 36.8 Å². The molecule has 0 saturated carbocycles. The number of hydrogen-bond acceptors (Lipinski definition) is 3. The molecular weight excluding hydrogens is 330 g/mol. The van der Waals surface area contributed by atoms with Gasteiger partial charge in [-0.2, -0.15) is 0 Å². The second-order valence-corrected chi connectivity index (χ2v) is 5.35. The van der Waals surface area contributed by atoms with Crippen molar-refractivity contribution in [3.8, 4) is 5.75 Å². The van der Waals surface area contributed by atoms with Gasteiger partial charge in [-0.1, -0.05) is 18.2 Å². The minimum absolute atomic E-state index is 0.259. The van der Waals surface area contributed by atoms with Gasteiger partial charge in [0.1, 0.15) is 5.75 Å². The van der Waals surface area contributed by atoms with Crippen LogP contribution in [0.4, 0.5) is 8.78 Å². The number of methoxy groups -OCH3 is 1. The highest BCUT2D eigenvalue weighted by Crippen LogP contribution is 2.17. The van der Waals surface area contributed by atoms with E-state index in [-0.39, 0.29) is 6.54 Å². The zero-order valence-corrected chi connectivity index (χ0v) is 13.8. The summed E-state index contributed by atoms with van der Waals surface area (Å²) < 4.78 is 31.3. The molecule has 0 unspecified atom stereocenters. The number of benzene rings is 2. The molecule has 5 nitrogen and oxygen atoms in total. The summed E-state index contributed by atoms with van der Waals surface area (Å²) in [4.78, 5) is 24.0. The summed E-state index contributed by atoms with van der Waals surface area (Å²) in [5.41, 5.74) is 0.731. The van der Waals surface area contributed by atoms with E-state index in [1.54, 1.807) is 31.2 Å². The van der Waals surface area contributed by atoms with Crippen molar-refractivity contribution < 1.29 is 23.1 Å². The van der Waals surface area contributed by atoms with Crippen LogP contribution in [0.25, 0.3) is 0 Å². The van der Waals surface area contributed by atoms with Gasteiger partial charge in [0, 0.05) is 0 Å². The van der Waals surface area contributed by atoms with E-state index >= 15 is 0 Å². The van der Waals surface area contributed by atoms with Crippen molar-refractivity contribution in [1.82, 2.24) is 10.6 Å². The molecule has 2 N–H and O–H groups in total. The molecule has 0 saturated heterocycles. The highest BCUT2D eigenvalue weighted by Gasteiger charge is 2.15. The van der Waals surface area contributed by atoms with Gasteiger partial charge in [-0.3, -0.25) is 9.59 Å². The van der Waals surface area contributed by atoms with Crippen molar-refractivity contribution in [3.05, 3.63) is 65.2 Å². The number of carbonyl (C=O) groups is 2. The van der Waals surface area contributed by atoms with Crippen molar-refractivity contribution in [2.75, 3.05) is 13.7 Å². The van der Waals surface area contributed by atoms with E-state index < -0.39 is 29.5 Å². The summed E-state index contributed by atoms with van der Waals surface area (Å²) in [6, 6.07) is 9.50. The van der Waals surface area contributed by atoms with E-state index in [9.17, 15) is 18.4 Å². The smallest absolute Gasteiger partial charge is 0.255 e. The van der Waals surface area contributed by atoms with Gasteiger partial charge in [0.25, 0.3) is 5.91 Å². The quantitative estimate of drug-likeness (QED) is 0.843.